The molecule has 0 atom stereocenters. The molecule has 1 spiro atoms. The van der Waals surface area contributed by atoms with Crippen molar-refractivity contribution < 1.29 is 14.7 Å². The molecule has 0 aromatic heterocycles. The maximum atomic E-state index is 10.7. The highest BCUT2D eigenvalue weighted by Gasteiger charge is 2.52. The first-order valence-electron chi connectivity index (χ1n) is 5.06. The standard InChI is InChI=1S/C9H15N3O3/c1-2-15-11-7-3-10-4-9(7)5-12(6-9)8(13)14/h10H,2-6H2,1H3,(H,13,14). The lowest BCUT2D eigenvalue weighted by atomic mass is 9.78. The molecule has 0 aromatic carbocycles. The van der Waals surface area contributed by atoms with E-state index >= 15 is 0 Å². The van der Waals surface area contributed by atoms with E-state index in [1.807, 2.05) is 6.92 Å². The van der Waals surface area contributed by atoms with Crippen molar-refractivity contribution in [1.82, 2.24) is 10.2 Å². The normalized spacial score (nSPS) is 25.7. The fraction of sp³-hybridized carbons (Fsp3) is 0.778. The van der Waals surface area contributed by atoms with Crippen molar-refractivity contribution in [2.24, 2.45) is 10.6 Å². The lowest BCUT2D eigenvalue weighted by molar-refractivity contribution is 0.0563. The van der Waals surface area contributed by atoms with Crippen molar-refractivity contribution in [3.8, 4) is 0 Å². The summed E-state index contributed by atoms with van der Waals surface area (Å²) >= 11 is 0. The van der Waals surface area contributed by atoms with Crippen molar-refractivity contribution in [2.75, 3.05) is 32.8 Å². The average Bonchev–Trinajstić information content (AvgIpc) is 2.55. The second-order valence-electron chi connectivity index (χ2n) is 3.98. The maximum absolute atomic E-state index is 10.7. The number of likely N-dealkylation sites (tertiary alicyclic amines) is 1. The van der Waals surface area contributed by atoms with Gasteiger partial charge in [-0.15, -0.1) is 0 Å². The Morgan fingerprint density at radius 3 is 3.07 bits per heavy atom. The molecular weight excluding hydrogens is 198 g/mol. The van der Waals surface area contributed by atoms with E-state index < -0.39 is 6.09 Å². The Morgan fingerprint density at radius 1 is 1.73 bits per heavy atom. The van der Waals surface area contributed by atoms with Crippen LogP contribution in [-0.4, -0.2) is 54.6 Å². The zero-order valence-electron chi connectivity index (χ0n) is 8.69. The number of nitrogens with zero attached hydrogens (tertiary/aromatic N) is 2. The molecule has 2 saturated heterocycles. The van der Waals surface area contributed by atoms with Gasteiger partial charge in [-0.05, 0) is 6.92 Å². The zero-order valence-corrected chi connectivity index (χ0v) is 8.69. The Kier molecular flexibility index (Phi) is 2.52. The first kappa shape index (κ1) is 10.2. The number of oxime groups is 1. The summed E-state index contributed by atoms with van der Waals surface area (Å²) in [5.41, 5.74) is 0.843. The molecular formula is C9H15N3O3. The van der Waals surface area contributed by atoms with Crippen molar-refractivity contribution in [1.29, 1.82) is 0 Å². The lowest BCUT2D eigenvalue weighted by Gasteiger charge is -2.45. The van der Waals surface area contributed by atoms with Crippen LogP contribution in [0, 0.1) is 5.41 Å². The fourth-order valence-electron chi connectivity index (χ4n) is 2.10. The van der Waals surface area contributed by atoms with E-state index in [0.717, 1.165) is 12.3 Å². The number of carboxylic acid groups (broad SMARTS) is 1. The molecule has 0 bridgehead atoms. The summed E-state index contributed by atoms with van der Waals surface area (Å²) in [6.45, 7) is 4.98. The van der Waals surface area contributed by atoms with E-state index in [0.29, 0.717) is 26.2 Å². The van der Waals surface area contributed by atoms with Gasteiger partial charge in [-0.25, -0.2) is 4.79 Å². The van der Waals surface area contributed by atoms with Gasteiger partial charge >= 0.3 is 6.09 Å². The molecule has 0 unspecified atom stereocenters. The second kappa shape index (κ2) is 3.69. The number of hydrogen-bond donors (Lipinski definition) is 2. The van der Waals surface area contributed by atoms with Crippen LogP contribution in [0.2, 0.25) is 0 Å². The Hall–Kier alpha value is -1.30. The minimum absolute atomic E-state index is 0.104. The molecule has 2 N–H and O–H groups in total. The lowest BCUT2D eigenvalue weighted by Crippen LogP contribution is -2.62. The molecule has 0 aliphatic carbocycles. The monoisotopic (exact) mass is 213 g/mol. The van der Waals surface area contributed by atoms with Gasteiger partial charge in [-0.1, -0.05) is 5.16 Å². The predicted octanol–water partition coefficient (Wildman–Crippen LogP) is -0.0379. The highest BCUT2D eigenvalue weighted by molar-refractivity contribution is 5.96. The van der Waals surface area contributed by atoms with Crippen molar-refractivity contribution in [2.45, 2.75) is 6.92 Å². The van der Waals surface area contributed by atoms with Gasteiger partial charge in [0, 0.05) is 26.2 Å². The van der Waals surface area contributed by atoms with E-state index in [9.17, 15) is 4.79 Å². The molecule has 0 saturated carbocycles. The maximum Gasteiger partial charge on any atom is 0.407 e. The topological polar surface area (TPSA) is 74.2 Å². The third kappa shape index (κ3) is 1.65. The molecule has 84 valence electrons. The molecule has 6 nitrogen and oxygen atoms in total. The van der Waals surface area contributed by atoms with Crippen molar-refractivity contribution >= 4 is 11.8 Å². The van der Waals surface area contributed by atoms with E-state index in [-0.39, 0.29) is 5.41 Å². The number of carbonyl (C=O) groups is 1. The molecule has 0 aromatic rings. The van der Waals surface area contributed by atoms with Crippen LogP contribution in [0.3, 0.4) is 0 Å². The fourth-order valence-corrected chi connectivity index (χ4v) is 2.10. The summed E-state index contributed by atoms with van der Waals surface area (Å²) in [5.74, 6) is 0. The van der Waals surface area contributed by atoms with Crippen LogP contribution in [0.4, 0.5) is 4.79 Å². The van der Waals surface area contributed by atoms with Crippen molar-refractivity contribution in [3.05, 3.63) is 0 Å². The first-order chi connectivity index (χ1) is 7.18. The number of hydrogen-bond acceptors (Lipinski definition) is 4. The van der Waals surface area contributed by atoms with E-state index in [2.05, 4.69) is 10.5 Å². The van der Waals surface area contributed by atoms with Gasteiger partial charge in [0.2, 0.25) is 0 Å². The molecule has 2 fully saturated rings. The molecule has 6 heteroatoms. The minimum Gasteiger partial charge on any atom is -0.465 e. The summed E-state index contributed by atoms with van der Waals surface area (Å²) in [6.07, 6.45) is -0.858. The van der Waals surface area contributed by atoms with Crippen molar-refractivity contribution in [3.63, 3.8) is 0 Å². The largest absolute Gasteiger partial charge is 0.465 e. The zero-order chi connectivity index (χ0) is 10.9. The summed E-state index contributed by atoms with van der Waals surface area (Å²) in [5, 5.41) is 16.0. The van der Waals surface area contributed by atoms with E-state index in [4.69, 9.17) is 9.94 Å². The smallest absolute Gasteiger partial charge is 0.407 e. The van der Waals surface area contributed by atoms with Crippen LogP contribution in [0.1, 0.15) is 6.92 Å². The van der Waals surface area contributed by atoms with Crippen LogP contribution in [0.15, 0.2) is 5.16 Å². The van der Waals surface area contributed by atoms with Crippen LogP contribution in [0.5, 0.6) is 0 Å². The third-order valence-corrected chi connectivity index (χ3v) is 2.93. The summed E-state index contributed by atoms with van der Waals surface area (Å²) in [4.78, 5) is 17.1. The van der Waals surface area contributed by atoms with Crippen LogP contribution in [0.25, 0.3) is 0 Å². The predicted molar refractivity (Wildman–Crippen MR) is 54.0 cm³/mol. The van der Waals surface area contributed by atoms with Crippen LogP contribution >= 0.6 is 0 Å². The first-order valence-corrected chi connectivity index (χ1v) is 5.06. The Bertz CT molecular complexity index is 297. The van der Waals surface area contributed by atoms with E-state index in [1.165, 1.54) is 4.90 Å². The molecule has 2 heterocycles. The van der Waals surface area contributed by atoms with Gasteiger partial charge in [0.05, 0.1) is 11.1 Å². The molecule has 0 radical (unpaired) electrons. The molecule has 2 rings (SSSR count). The van der Waals surface area contributed by atoms with Gasteiger partial charge in [0.25, 0.3) is 0 Å². The summed E-state index contributed by atoms with van der Waals surface area (Å²) in [7, 11) is 0. The van der Waals surface area contributed by atoms with Gasteiger partial charge < -0.3 is 20.2 Å². The second-order valence-corrected chi connectivity index (χ2v) is 3.98. The number of rotatable bonds is 2. The highest BCUT2D eigenvalue weighted by Crippen LogP contribution is 2.34. The van der Waals surface area contributed by atoms with Gasteiger partial charge in [-0.3, -0.25) is 0 Å². The van der Waals surface area contributed by atoms with Crippen LogP contribution < -0.4 is 5.32 Å². The molecule has 2 aliphatic rings. The average molecular weight is 213 g/mol. The molecule has 15 heavy (non-hydrogen) atoms. The number of amides is 1. The molecule has 2 aliphatic heterocycles. The Balaban J connectivity index is 2.01. The number of nitrogens with one attached hydrogen (secondary N) is 1. The summed E-state index contributed by atoms with van der Waals surface area (Å²) < 4.78 is 0. The minimum atomic E-state index is -0.858. The summed E-state index contributed by atoms with van der Waals surface area (Å²) in [6, 6.07) is 0. The van der Waals surface area contributed by atoms with Gasteiger partial charge in [-0.2, -0.15) is 0 Å². The molecule has 1 amide bonds. The highest BCUT2D eigenvalue weighted by atomic mass is 16.6. The third-order valence-electron chi connectivity index (χ3n) is 2.93. The SMILES string of the molecule is CCON=C1CNCC12CN(C(=O)O)C2. The van der Waals surface area contributed by atoms with Gasteiger partial charge in [0.1, 0.15) is 6.61 Å². The Labute approximate surface area is 87.9 Å². The van der Waals surface area contributed by atoms with E-state index in [1.54, 1.807) is 0 Å². The van der Waals surface area contributed by atoms with Gasteiger partial charge in [0.15, 0.2) is 0 Å². The Morgan fingerprint density at radius 2 is 2.47 bits per heavy atom. The quantitative estimate of drug-likeness (QED) is 0.631. The van der Waals surface area contributed by atoms with Crippen LogP contribution in [-0.2, 0) is 4.84 Å².